The SMILES string of the molecule is C#CCNC(=O)CN1CCN(CC(=O)N[C@@H](C)CC)CC1. The first kappa shape index (κ1) is 17.5. The summed E-state index contributed by atoms with van der Waals surface area (Å²) in [6.45, 7) is 8.32. The lowest BCUT2D eigenvalue weighted by molar-refractivity contribution is -0.125. The molecule has 1 rings (SSSR count). The highest BCUT2D eigenvalue weighted by atomic mass is 16.2. The van der Waals surface area contributed by atoms with E-state index in [2.05, 4.69) is 33.3 Å². The minimum Gasteiger partial charge on any atom is -0.353 e. The summed E-state index contributed by atoms with van der Waals surface area (Å²) in [7, 11) is 0. The maximum Gasteiger partial charge on any atom is 0.234 e. The van der Waals surface area contributed by atoms with E-state index in [1.165, 1.54) is 0 Å². The maximum atomic E-state index is 11.8. The first-order chi connectivity index (χ1) is 10.0. The molecule has 0 aliphatic carbocycles. The zero-order valence-corrected chi connectivity index (χ0v) is 13.0. The van der Waals surface area contributed by atoms with E-state index in [1.807, 2.05) is 6.92 Å². The highest BCUT2D eigenvalue weighted by Crippen LogP contribution is 2.01. The van der Waals surface area contributed by atoms with Crippen LogP contribution in [0.4, 0.5) is 0 Å². The lowest BCUT2D eigenvalue weighted by atomic mass is 10.2. The van der Waals surface area contributed by atoms with E-state index in [4.69, 9.17) is 6.42 Å². The third kappa shape index (κ3) is 7.11. The quantitative estimate of drug-likeness (QED) is 0.608. The van der Waals surface area contributed by atoms with Crippen LogP contribution in [0.25, 0.3) is 0 Å². The van der Waals surface area contributed by atoms with Crippen LogP contribution in [0.1, 0.15) is 20.3 Å². The fourth-order valence-electron chi connectivity index (χ4n) is 2.14. The van der Waals surface area contributed by atoms with E-state index in [-0.39, 0.29) is 24.4 Å². The molecule has 1 saturated heterocycles. The second-order valence-electron chi connectivity index (χ2n) is 5.41. The molecule has 2 N–H and O–H groups in total. The molecule has 0 spiro atoms. The van der Waals surface area contributed by atoms with Crippen molar-refractivity contribution in [1.82, 2.24) is 20.4 Å². The molecule has 1 aliphatic heterocycles. The summed E-state index contributed by atoms with van der Waals surface area (Å²) in [5.74, 6) is 2.41. The molecule has 6 heteroatoms. The minimum absolute atomic E-state index is 0.0455. The predicted molar refractivity (Wildman–Crippen MR) is 82.6 cm³/mol. The van der Waals surface area contributed by atoms with Gasteiger partial charge in [0.05, 0.1) is 19.6 Å². The van der Waals surface area contributed by atoms with Crippen LogP contribution in [0.5, 0.6) is 0 Å². The molecule has 6 nitrogen and oxygen atoms in total. The third-order valence-electron chi connectivity index (χ3n) is 3.61. The van der Waals surface area contributed by atoms with Crippen molar-refractivity contribution in [2.45, 2.75) is 26.3 Å². The van der Waals surface area contributed by atoms with Crippen molar-refractivity contribution in [3.05, 3.63) is 0 Å². The Morgan fingerprint density at radius 3 is 2.14 bits per heavy atom. The molecule has 118 valence electrons. The van der Waals surface area contributed by atoms with Gasteiger partial charge in [0.25, 0.3) is 0 Å². The lowest BCUT2D eigenvalue weighted by Gasteiger charge is -2.33. The molecule has 0 saturated carbocycles. The van der Waals surface area contributed by atoms with E-state index in [0.29, 0.717) is 13.1 Å². The Kier molecular flexibility index (Phi) is 7.80. The van der Waals surface area contributed by atoms with E-state index < -0.39 is 0 Å². The first-order valence-electron chi connectivity index (χ1n) is 7.49. The smallest absolute Gasteiger partial charge is 0.234 e. The molecular formula is C15H26N4O2. The van der Waals surface area contributed by atoms with E-state index in [0.717, 1.165) is 32.6 Å². The molecule has 1 fully saturated rings. The summed E-state index contributed by atoms with van der Waals surface area (Å²) in [4.78, 5) is 27.6. The van der Waals surface area contributed by atoms with E-state index >= 15 is 0 Å². The minimum atomic E-state index is -0.0455. The standard InChI is InChI=1S/C15H26N4O2/c1-4-6-16-14(20)11-18-7-9-19(10-8-18)12-15(21)17-13(3)5-2/h1,13H,5-12H2,2-3H3,(H,16,20)(H,17,21)/t13-/m0/s1. The fourth-order valence-corrected chi connectivity index (χ4v) is 2.14. The van der Waals surface area contributed by atoms with Gasteiger partial charge in [0.1, 0.15) is 0 Å². The summed E-state index contributed by atoms with van der Waals surface area (Å²) in [6.07, 6.45) is 6.03. The van der Waals surface area contributed by atoms with Crippen molar-refractivity contribution in [2.75, 3.05) is 45.8 Å². The molecule has 0 radical (unpaired) electrons. The number of carbonyl (C=O) groups is 2. The number of hydrogen-bond donors (Lipinski definition) is 2. The van der Waals surface area contributed by atoms with Gasteiger partial charge in [0.2, 0.25) is 11.8 Å². The second-order valence-corrected chi connectivity index (χ2v) is 5.41. The Morgan fingerprint density at radius 1 is 1.14 bits per heavy atom. The number of nitrogens with one attached hydrogen (secondary N) is 2. The third-order valence-corrected chi connectivity index (χ3v) is 3.61. The summed E-state index contributed by atoms with van der Waals surface area (Å²) in [5, 5.41) is 5.62. The van der Waals surface area contributed by atoms with Crippen LogP contribution in [0.3, 0.4) is 0 Å². The van der Waals surface area contributed by atoms with Crippen LogP contribution in [0.2, 0.25) is 0 Å². The van der Waals surface area contributed by atoms with Crippen molar-refractivity contribution >= 4 is 11.8 Å². The Hall–Kier alpha value is -1.58. The Bertz CT molecular complexity index is 384. The highest BCUT2D eigenvalue weighted by molar-refractivity contribution is 5.78. The number of terminal acetylenes is 1. The monoisotopic (exact) mass is 294 g/mol. The Morgan fingerprint density at radius 2 is 1.67 bits per heavy atom. The van der Waals surface area contributed by atoms with Gasteiger partial charge in [-0.3, -0.25) is 19.4 Å². The highest BCUT2D eigenvalue weighted by Gasteiger charge is 2.20. The average Bonchev–Trinajstić information content (AvgIpc) is 2.47. The number of amides is 2. The molecule has 0 unspecified atom stereocenters. The molecule has 1 atom stereocenters. The molecule has 0 bridgehead atoms. The number of rotatable bonds is 7. The van der Waals surface area contributed by atoms with Gasteiger partial charge in [-0.05, 0) is 13.3 Å². The topological polar surface area (TPSA) is 64.7 Å². The fraction of sp³-hybridized carbons (Fsp3) is 0.733. The van der Waals surface area contributed by atoms with Gasteiger partial charge in [0.15, 0.2) is 0 Å². The van der Waals surface area contributed by atoms with Gasteiger partial charge in [-0.15, -0.1) is 6.42 Å². The van der Waals surface area contributed by atoms with Gasteiger partial charge in [-0.1, -0.05) is 12.8 Å². The van der Waals surface area contributed by atoms with Crippen LogP contribution in [0, 0.1) is 12.3 Å². The lowest BCUT2D eigenvalue weighted by Crippen LogP contribution is -2.52. The summed E-state index contributed by atoms with van der Waals surface area (Å²) < 4.78 is 0. The van der Waals surface area contributed by atoms with Crippen LogP contribution >= 0.6 is 0 Å². The van der Waals surface area contributed by atoms with Crippen molar-refractivity contribution in [3.8, 4) is 12.3 Å². The average molecular weight is 294 g/mol. The van der Waals surface area contributed by atoms with Crippen LogP contribution < -0.4 is 10.6 Å². The van der Waals surface area contributed by atoms with Crippen LogP contribution in [-0.2, 0) is 9.59 Å². The van der Waals surface area contributed by atoms with E-state index in [1.54, 1.807) is 0 Å². The largest absolute Gasteiger partial charge is 0.353 e. The molecular weight excluding hydrogens is 268 g/mol. The van der Waals surface area contributed by atoms with Gasteiger partial charge in [-0.25, -0.2) is 0 Å². The normalized spacial score (nSPS) is 17.8. The maximum absolute atomic E-state index is 11.8. The van der Waals surface area contributed by atoms with E-state index in [9.17, 15) is 9.59 Å². The molecule has 0 aromatic carbocycles. The summed E-state index contributed by atoms with van der Waals surface area (Å²) in [5.41, 5.74) is 0. The molecule has 1 aliphatic rings. The van der Waals surface area contributed by atoms with Crippen molar-refractivity contribution in [2.24, 2.45) is 0 Å². The molecule has 0 aromatic heterocycles. The second kappa shape index (κ2) is 9.37. The number of hydrogen-bond acceptors (Lipinski definition) is 4. The Balaban J connectivity index is 2.21. The van der Waals surface area contributed by atoms with Crippen molar-refractivity contribution in [1.29, 1.82) is 0 Å². The zero-order chi connectivity index (χ0) is 15.7. The summed E-state index contributed by atoms with van der Waals surface area (Å²) in [6, 6.07) is 0.221. The number of nitrogens with zero attached hydrogens (tertiary/aromatic N) is 2. The number of piperazine rings is 1. The molecule has 2 amide bonds. The predicted octanol–water partition coefficient (Wildman–Crippen LogP) is -0.732. The molecule has 0 aromatic rings. The van der Waals surface area contributed by atoms with Gasteiger partial charge < -0.3 is 10.6 Å². The number of carbonyl (C=O) groups excluding carboxylic acids is 2. The molecule has 1 heterocycles. The van der Waals surface area contributed by atoms with Gasteiger partial charge in [-0.2, -0.15) is 0 Å². The van der Waals surface area contributed by atoms with Gasteiger partial charge >= 0.3 is 0 Å². The van der Waals surface area contributed by atoms with Crippen molar-refractivity contribution in [3.63, 3.8) is 0 Å². The Labute approximate surface area is 127 Å². The van der Waals surface area contributed by atoms with Crippen LogP contribution in [0.15, 0.2) is 0 Å². The van der Waals surface area contributed by atoms with Gasteiger partial charge in [0, 0.05) is 32.2 Å². The summed E-state index contributed by atoms with van der Waals surface area (Å²) >= 11 is 0. The molecule has 21 heavy (non-hydrogen) atoms. The van der Waals surface area contributed by atoms with Crippen molar-refractivity contribution < 1.29 is 9.59 Å². The first-order valence-corrected chi connectivity index (χ1v) is 7.49. The van der Waals surface area contributed by atoms with Crippen LogP contribution in [-0.4, -0.2) is 73.5 Å². The zero-order valence-electron chi connectivity index (χ0n) is 13.0.